The van der Waals surface area contributed by atoms with Gasteiger partial charge in [-0.25, -0.2) is 0 Å². The van der Waals surface area contributed by atoms with E-state index in [2.05, 4.69) is 13.2 Å². The van der Waals surface area contributed by atoms with E-state index < -0.39 is 0 Å². The maximum atomic E-state index is 3.36. The molecule has 0 rings (SSSR count). The third-order valence-corrected chi connectivity index (χ3v) is 0.500. The lowest BCUT2D eigenvalue weighted by molar-refractivity contribution is 1.64. The fourth-order valence-corrected chi connectivity index (χ4v) is 0. The maximum absolute atomic E-state index is 3.36. The highest BCUT2D eigenvalue weighted by Gasteiger charge is 1.34. The Hall–Kier alpha value is -0.780. The van der Waals surface area contributed by atoms with E-state index in [1.807, 2.05) is 26.0 Å². The van der Waals surface area contributed by atoms with Crippen molar-refractivity contribution in [2.75, 3.05) is 0 Å². The quantitative estimate of drug-likeness (QED) is 0.359. The molecule has 0 spiro atoms. The van der Waals surface area contributed by atoms with Crippen LogP contribution in [0.4, 0.5) is 0 Å². The Bertz CT molecular complexity index is 58.1. The van der Waals surface area contributed by atoms with Gasteiger partial charge in [0.2, 0.25) is 0 Å². The lowest BCUT2D eigenvalue weighted by atomic mass is 10.6. The second-order valence-electron chi connectivity index (χ2n) is 1.14. The van der Waals surface area contributed by atoms with Crippen LogP contribution in [0.25, 0.3) is 0 Å². The van der Waals surface area contributed by atoms with Crippen LogP contribution in [-0.2, 0) is 0 Å². The molecule has 0 nitrogen and oxygen atoms in total. The van der Waals surface area contributed by atoms with Crippen molar-refractivity contribution in [2.24, 2.45) is 0 Å². The maximum Gasteiger partial charge on any atom is -0.0470 e. The molecule has 0 aliphatic rings. The van der Waals surface area contributed by atoms with Gasteiger partial charge in [-0.2, -0.15) is 0 Å². The van der Waals surface area contributed by atoms with Crippen LogP contribution in [0.1, 0.15) is 13.8 Å². The molecule has 0 aromatic rings. The summed E-state index contributed by atoms with van der Waals surface area (Å²) in [7, 11) is 0. The summed E-state index contributed by atoms with van der Waals surface area (Å²) >= 11 is 0. The Morgan fingerprint density at radius 2 is 1.12 bits per heavy atom. The van der Waals surface area contributed by atoms with Gasteiger partial charge in [0.15, 0.2) is 0 Å². The first-order chi connectivity index (χ1) is 3.83. The van der Waals surface area contributed by atoms with Crippen molar-refractivity contribution in [1.82, 2.24) is 0 Å². The molecular weight excluding hydrogens is 96.1 g/mol. The van der Waals surface area contributed by atoms with E-state index in [9.17, 15) is 0 Å². The van der Waals surface area contributed by atoms with Crippen LogP contribution < -0.4 is 0 Å². The van der Waals surface area contributed by atoms with Gasteiger partial charge in [-0.05, 0) is 13.8 Å². The lowest BCUT2D eigenvalue weighted by Crippen LogP contribution is -1.26. The smallest absolute Gasteiger partial charge is 0.0470 e. The van der Waals surface area contributed by atoms with Gasteiger partial charge in [0.1, 0.15) is 0 Å². The molecule has 0 heteroatoms. The van der Waals surface area contributed by atoms with Gasteiger partial charge in [0.05, 0.1) is 0 Å². The summed E-state index contributed by atoms with van der Waals surface area (Å²) in [6, 6.07) is 0. The van der Waals surface area contributed by atoms with E-state index in [-0.39, 0.29) is 0 Å². The molecule has 8 heavy (non-hydrogen) atoms. The highest BCUT2D eigenvalue weighted by atomic mass is 13.4. The molecule has 0 amide bonds. The van der Waals surface area contributed by atoms with E-state index in [1.54, 1.807) is 12.2 Å². The molecule has 0 aromatic carbocycles. The Labute approximate surface area is 52.2 Å². The van der Waals surface area contributed by atoms with Crippen LogP contribution in [0.15, 0.2) is 37.5 Å². The first-order valence-electron chi connectivity index (χ1n) is 2.64. The molecule has 0 fully saturated rings. The minimum atomic E-state index is 1.64. The average Bonchev–Trinajstić information content (AvgIpc) is 1.88. The lowest BCUT2D eigenvalue weighted by Gasteiger charge is -1.49. The molecule has 0 saturated heterocycles. The van der Waals surface area contributed by atoms with Crippen LogP contribution in [-0.4, -0.2) is 0 Å². The van der Waals surface area contributed by atoms with E-state index >= 15 is 0 Å². The highest BCUT2D eigenvalue weighted by molar-refractivity contribution is 4.88. The van der Waals surface area contributed by atoms with Gasteiger partial charge < -0.3 is 0 Å². The first-order valence-corrected chi connectivity index (χ1v) is 2.64. The number of hydrogen-bond acceptors (Lipinski definition) is 0. The van der Waals surface area contributed by atoms with Gasteiger partial charge in [-0.15, -0.1) is 0 Å². The van der Waals surface area contributed by atoms with Crippen LogP contribution in [0, 0.1) is 0 Å². The molecule has 0 unspecified atom stereocenters. The average molecular weight is 110 g/mol. The molecule has 0 atom stereocenters. The monoisotopic (exact) mass is 110 g/mol. The zero-order valence-corrected chi connectivity index (χ0v) is 5.72. The Morgan fingerprint density at radius 3 is 1.12 bits per heavy atom. The second kappa shape index (κ2) is 16.3. The van der Waals surface area contributed by atoms with Gasteiger partial charge in [0.25, 0.3) is 0 Å². The predicted octanol–water partition coefficient (Wildman–Crippen LogP) is 2.94. The molecule has 0 aliphatic carbocycles. The predicted molar refractivity (Wildman–Crippen MR) is 40.9 cm³/mol. The standard InChI is InChI=1S/C4H8.C4H6/c2*1-3-4-2/h3-4H,1-2H3;3-4H,1-2H2/b4-3+;. The van der Waals surface area contributed by atoms with Crippen molar-refractivity contribution in [2.45, 2.75) is 13.8 Å². The molecule has 0 aliphatic heterocycles. The van der Waals surface area contributed by atoms with E-state index in [1.165, 1.54) is 0 Å². The molecule has 0 heterocycles. The van der Waals surface area contributed by atoms with Crippen LogP contribution >= 0.6 is 0 Å². The Morgan fingerprint density at radius 1 is 0.875 bits per heavy atom. The summed E-state index contributed by atoms with van der Waals surface area (Å²) in [5.41, 5.74) is 0. The highest BCUT2D eigenvalue weighted by Crippen LogP contribution is 1.57. The largest absolute Gasteiger partial charge is 0.0991 e. The van der Waals surface area contributed by atoms with Crippen LogP contribution in [0.3, 0.4) is 0 Å². The summed E-state index contributed by atoms with van der Waals surface area (Å²) in [5, 5.41) is 0. The number of rotatable bonds is 1. The summed E-state index contributed by atoms with van der Waals surface area (Å²) in [5.74, 6) is 0. The summed E-state index contributed by atoms with van der Waals surface area (Å²) < 4.78 is 0. The van der Waals surface area contributed by atoms with E-state index in [0.29, 0.717) is 0 Å². The van der Waals surface area contributed by atoms with Crippen molar-refractivity contribution in [3.05, 3.63) is 37.5 Å². The molecule has 0 radical (unpaired) electrons. The topological polar surface area (TPSA) is 0 Å². The van der Waals surface area contributed by atoms with Crippen LogP contribution in [0.2, 0.25) is 0 Å². The number of allylic oxidation sites excluding steroid dienone is 4. The van der Waals surface area contributed by atoms with Gasteiger partial charge in [-0.3, -0.25) is 0 Å². The first kappa shape index (κ1) is 10.3. The van der Waals surface area contributed by atoms with E-state index in [0.717, 1.165) is 0 Å². The second-order valence-corrected chi connectivity index (χ2v) is 1.14. The normalized spacial score (nSPS) is 7.25. The van der Waals surface area contributed by atoms with Crippen molar-refractivity contribution < 1.29 is 0 Å². The zero-order chi connectivity index (χ0) is 6.83. The molecular formula is C8H14. The molecule has 0 N–H and O–H groups in total. The summed E-state index contributed by atoms with van der Waals surface area (Å²) in [6.45, 7) is 10.7. The van der Waals surface area contributed by atoms with Crippen molar-refractivity contribution in [1.29, 1.82) is 0 Å². The van der Waals surface area contributed by atoms with Gasteiger partial charge >= 0.3 is 0 Å². The zero-order valence-electron chi connectivity index (χ0n) is 5.72. The molecule has 0 aromatic heterocycles. The molecule has 0 saturated carbocycles. The van der Waals surface area contributed by atoms with Gasteiger partial charge in [0, 0.05) is 0 Å². The third-order valence-electron chi connectivity index (χ3n) is 0.500. The van der Waals surface area contributed by atoms with Crippen molar-refractivity contribution in [3.63, 3.8) is 0 Å². The van der Waals surface area contributed by atoms with Crippen molar-refractivity contribution in [3.8, 4) is 0 Å². The Kier molecular flexibility index (Phi) is 20.9. The minimum absolute atomic E-state index is 1.64. The number of hydrogen-bond donors (Lipinski definition) is 0. The fraction of sp³-hybridized carbons (Fsp3) is 0.250. The van der Waals surface area contributed by atoms with Gasteiger partial charge in [-0.1, -0.05) is 37.5 Å². The minimum Gasteiger partial charge on any atom is -0.0991 e. The van der Waals surface area contributed by atoms with E-state index in [4.69, 9.17) is 0 Å². The molecule has 46 valence electrons. The fourth-order valence-electron chi connectivity index (χ4n) is 0. The molecule has 0 bridgehead atoms. The Balaban J connectivity index is 0. The van der Waals surface area contributed by atoms with Crippen molar-refractivity contribution >= 4 is 0 Å². The third kappa shape index (κ3) is 62.5. The van der Waals surface area contributed by atoms with Crippen LogP contribution in [0.5, 0.6) is 0 Å². The summed E-state index contributed by atoms with van der Waals surface area (Å²) in [6.07, 6.45) is 7.28. The SMILES string of the molecule is C/C=C/C.C=CC=C. The summed E-state index contributed by atoms with van der Waals surface area (Å²) in [4.78, 5) is 0.